The summed E-state index contributed by atoms with van der Waals surface area (Å²) in [6, 6.07) is 5.55. The van der Waals surface area contributed by atoms with Gasteiger partial charge < -0.3 is 4.90 Å². The molecule has 0 radical (unpaired) electrons. The van der Waals surface area contributed by atoms with Crippen molar-refractivity contribution < 1.29 is 13.2 Å². The van der Waals surface area contributed by atoms with Crippen molar-refractivity contribution in [3.05, 3.63) is 29.6 Å². The van der Waals surface area contributed by atoms with E-state index in [0.717, 1.165) is 11.4 Å². The van der Waals surface area contributed by atoms with Gasteiger partial charge in [0.15, 0.2) is 9.84 Å². The van der Waals surface area contributed by atoms with Crippen molar-refractivity contribution in [1.82, 2.24) is 14.8 Å². The van der Waals surface area contributed by atoms with Crippen LogP contribution in [0.2, 0.25) is 0 Å². The van der Waals surface area contributed by atoms with Crippen LogP contribution in [0.1, 0.15) is 31.7 Å². The molecular weight excluding hydrogens is 338 g/mol. The molecule has 0 bridgehead atoms. The van der Waals surface area contributed by atoms with Gasteiger partial charge in [-0.25, -0.2) is 8.42 Å². The molecule has 0 unspecified atom stereocenters. The molecular formula is C18H27N3O3S. The maximum absolute atomic E-state index is 12.6. The second kappa shape index (κ2) is 7.03. The Hall–Kier alpha value is -1.47. The van der Waals surface area contributed by atoms with E-state index in [0.29, 0.717) is 26.1 Å². The maximum atomic E-state index is 12.6. The van der Waals surface area contributed by atoms with Gasteiger partial charge in [0.05, 0.1) is 23.2 Å². The summed E-state index contributed by atoms with van der Waals surface area (Å²) in [4.78, 5) is 21.1. The van der Waals surface area contributed by atoms with Crippen LogP contribution >= 0.6 is 0 Å². The standard InChI is InChI=1S/C18H27N3O3S/c1-13(2)9-18(22)21-8-7-20(10-15-6-4-5-14(3)19-15)16-11-25(23,24)12-17(16)21/h4-6,13,16-17H,7-12H2,1-3H3/t16-,17+/m0/s1. The number of nitrogens with zero attached hydrogens (tertiary/aromatic N) is 3. The lowest BCUT2D eigenvalue weighted by Crippen LogP contribution is -2.60. The first kappa shape index (κ1) is 18.3. The monoisotopic (exact) mass is 365 g/mol. The van der Waals surface area contributed by atoms with Crippen molar-refractivity contribution in [3.63, 3.8) is 0 Å². The lowest BCUT2D eigenvalue weighted by Gasteiger charge is -2.44. The van der Waals surface area contributed by atoms with Crippen LogP contribution in [0.15, 0.2) is 18.2 Å². The quantitative estimate of drug-likeness (QED) is 0.803. The number of rotatable bonds is 4. The first-order valence-electron chi connectivity index (χ1n) is 8.91. The van der Waals surface area contributed by atoms with E-state index in [9.17, 15) is 13.2 Å². The third-order valence-corrected chi connectivity index (χ3v) is 6.70. The molecule has 25 heavy (non-hydrogen) atoms. The Morgan fingerprint density at radius 3 is 2.64 bits per heavy atom. The zero-order valence-corrected chi connectivity index (χ0v) is 16.0. The Balaban J connectivity index is 1.79. The van der Waals surface area contributed by atoms with E-state index < -0.39 is 9.84 Å². The summed E-state index contributed by atoms with van der Waals surface area (Å²) in [5.41, 5.74) is 1.91. The zero-order chi connectivity index (χ0) is 18.2. The number of amides is 1. The lowest BCUT2D eigenvalue weighted by molar-refractivity contribution is -0.137. The van der Waals surface area contributed by atoms with E-state index >= 15 is 0 Å². The molecule has 3 rings (SSSR count). The molecule has 138 valence electrons. The molecule has 0 saturated carbocycles. The predicted octanol–water partition coefficient (Wildman–Crippen LogP) is 1.25. The normalized spacial score (nSPS) is 26.0. The first-order valence-corrected chi connectivity index (χ1v) is 10.7. The average molecular weight is 365 g/mol. The fraction of sp³-hybridized carbons (Fsp3) is 0.667. The molecule has 7 heteroatoms. The highest BCUT2D eigenvalue weighted by Crippen LogP contribution is 2.29. The Kier molecular flexibility index (Phi) is 5.16. The SMILES string of the molecule is Cc1cccc(CN2CCN(C(=O)CC(C)C)[C@@H]3CS(=O)(=O)C[C@@H]32)n1. The number of aryl methyl sites for hydroxylation is 1. The van der Waals surface area contributed by atoms with Gasteiger partial charge in [-0.3, -0.25) is 14.7 Å². The lowest BCUT2D eigenvalue weighted by atomic mass is 10.0. The molecule has 2 aliphatic rings. The third-order valence-electron chi connectivity index (χ3n) is 5.01. The van der Waals surface area contributed by atoms with Crippen molar-refractivity contribution in [1.29, 1.82) is 0 Å². The van der Waals surface area contributed by atoms with E-state index in [1.807, 2.05) is 43.9 Å². The molecule has 2 atom stereocenters. The number of sulfone groups is 1. The van der Waals surface area contributed by atoms with Gasteiger partial charge in [-0.2, -0.15) is 0 Å². The summed E-state index contributed by atoms with van der Waals surface area (Å²) in [5, 5.41) is 0. The molecule has 1 aromatic heterocycles. The van der Waals surface area contributed by atoms with Crippen LogP contribution in [0.25, 0.3) is 0 Å². The number of fused-ring (bicyclic) bond motifs is 1. The summed E-state index contributed by atoms with van der Waals surface area (Å²) >= 11 is 0. The minimum Gasteiger partial charge on any atom is -0.336 e. The van der Waals surface area contributed by atoms with E-state index in [4.69, 9.17) is 0 Å². The fourth-order valence-electron chi connectivity index (χ4n) is 3.89. The van der Waals surface area contributed by atoms with Crippen LogP contribution in [0.3, 0.4) is 0 Å². The zero-order valence-electron chi connectivity index (χ0n) is 15.2. The number of carbonyl (C=O) groups excluding carboxylic acids is 1. The average Bonchev–Trinajstić information content (AvgIpc) is 2.82. The van der Waals surface area contributed by atoms with Crippen molar-refractivity contribution in [2.24, 2.45) is 5.92 Å². The van der Waals surface area contributed by atoms with E-state index in [1.54, 1.807) is 0 Å². The molecule has 2 aliphatic heterocycles. The minimum atomic E-state index is -3.11. The fourth-order valence-corrected chi connectivity index (χ4v) is 5.90. The van der Waals surface area contributed by atoms with Gasteiger partial charge in [0.2, 0.25) is 5.91 Å². The van der Waals surface area contributed by atoms with Crippen molar-refractivity contribution in [2.45, 2.75) is 45.8 Å². The van der Waals surface area contributed by atoms with Crippen LogP contribution in [-0.4, -0.2) is 65.8 Å². The minimum absolute atomic E-state index is 0.0791. The van der Waals surface area contributed by atoms with Gasteiger partial charge in [0, 0.05) is 37.8 Å². The Labute approximate surface area is 150 Å². The molecule has 0 spiro atoms. The summed E-state index contributed by atoms with van der Waals surface area (Å²) in [7, 11) is -3.11. The number of hydrogen-bond acceptors (Lipinski definition) is 5. The number of pyridine rings is 1. The highest BCUT2D eigenvalue weighted by atomic mass is 32.2. The van der Waals surface area contributed by atoms with Crippen LogP contribution in [0.5, 0.6) is 0 Å². The van der Waals surface area contributed by atoms with Gasteiger partial charge >= 0.3 is 0 Å². The highest BCUT2D eigenvalue weighted by molar-refractivity contribution is 7.91. The summed E-state index contributed by atoms with van der Waals surface area (Å²) in [6.45, 7) is 7.89. The number of aromatic nitrogens is 1. The second-order valence-electron chi connectivity index (χ2n) is 7.64. The van der Waals surface area contributed by atoms with Gasteiger partial charge in [0.1, 0.15) is 0 Å². The molecule has 6 nitrogen and oxygen atoms in total. The molecule has 0 aliphatic carbocycles. The topological polar surface area (TPSA) is 70.6 Å². The van der Waals surface area contributed by atoms with Crippen LogP contribution in [0.4, 0.5) is 0 Å². The Morgan fingerprint density at radius 1 is 1.24 bits per heavy atom. The molecule has 3 heterocycles. The largest absolute Gasteiger partial charge is 0.336 e. The van der Waals surface area contributed by atoms with Crippen LogP contribution in [-0.2, 0) is 21.2 Å². The summed E-state index contributed by atoms with van der Waals surface area (Å²) in [6.07, 6.45) is 0.475. The molecule has 1 aromatic rings. The van der Waals surface area contributed by atoms with E-state index in [2.05, 4.69) is 9.88 Å². The number of piperazine rings is 1. The van der Waals surface area contributed by atoms with Gasteiger partial charge in [-0.1, -0.05) is 19.9 Å². The van der Waals surface area contributed by atoms with Crippen LogP contribution in [0, 0.1) is 12.8 Å². The van der Waals surface area contributed by atoms with Gasteiger partial charge in [0.25, 0.3) is 0 Å². The number of hydrogen-bond donors (Lipinski definition) is 0. The summed E-state index contributed by atoms with van der Waals surface area (Å²) in [5.74, 6) is 0.572. The molecule has 2 fully saturated rings. The molecule has 0 N–H and O–H groups in total. The number of carbonyl (C=O) groups is 1. The van der Waals surface area contributed by atoms with Crippen molar-refractivity contribution in [3.8, 4) is 0 Å². The third kappa shape index (κ3) is 4.20. The van der Waals surface area contributed by atoms with Gasteiger partial charge in [-0.05, 0) is 25.0 Å². The van der Waals surface area contributed by atoms with Crippen molar-refractivity contribution in [2.75, 3.05) is 24.6 Å². The van der Waals surface area contributed by atoms with Gasteiger partial charge in [-0.15, -0.1) is 0 Å². The molecule has 0 aromatic carbocycles. The maximum Gasteiger partial charge on any atom is 0.223 e. The second-order valence-corrected chi connectivity index (χ2v) is 9.79. The van der Waals surface area contributed by atoms with Crippen LogP contribution < -0.4 is 0 Å². The van der Waals surface area contributed by atoms with Crippen molar-refractivity contribution >= 4 is 15.7 Å². The first-order chi connectivity index (χ1) is 11.7. The smallest absolute Gasteiger partial charge is 0.223 e. The molecule has 2 saturated heterocycles. The predicted molar refractivity (Wildman–Crippen MR) is 96.8 cm³/mol. The Bertz CT molecular complexity index is 748. The van der Waals surface area contributed by atoms with E-state index in [-0.39, 0.29) is 35.4 Å². The highest BCUT2D eigenvalue weighted by Gasteiger charge is 2.47. The van der Waals surface area contributed by atoms with E-state index in [1.165, 1.54) is 0 Å². The Morgan fingerprint density at radius 2 is 1.96 bits per heavy atom. The molecule has 1 amide bonds. The summed E-state index contributed by atoms with van der Waals surface area (Å²) < 4.78 is 24.5.